The zero-order chi connectivity index (χ0) is 10.7. The summed E-state index contributed by atoms with van der Waals surface area (Å²) in [6, 6.07) is -0.395. The van der Waals surface area contributed by atoms with E-state index in [2.05, 4.69) is 5.32 Å². The van der Waals surface area contributed by atoms with E-state index in [9.17, 15) is 10.2 Å². The molecule has 0 unspecified atom stereocenters. The largest absolute Gasteiger partial charge is 0.389 e. The van der Waals surface area contributed by atoms with Crippen molar-refractivity contribution in [3.63, 3.8) is 0 Å². The van der Waals surface area contributed by atoms with Gasteiger partial charge in [-0.3, -0.25) is 0 Å². The van der Waals surface area contributed by atoms with Gasteiger partial charge in [-0.1, -0.05) is 6.92 Å². The molecule has 0 amide bonds. The van der Waals surface area contributed by atoms with Crippen LogP contribution < -0.4 is 5.32 Å². The number of hydrogen-bond acceptors (Lipinski definition) is 5. The van der Waals surface area contributed by atoms with Gasteiger partial charge in [-0.05, 0) is 13.5 Å². The van der Waals surface area contributed by atoms with Gasteiger partial charge in [-0.2, -0.15) is 0 Å². The molecule has 0 saturated carbocycles. The van der Waals surface area contributed by atoms with Crippen LogP contribution in [0.2, 0.25) is 0 Å². The summed E-state index contributed by atoms with van der Waals surface area (Å²) in [5.41, 5.74) is 0. The lowest BCUT2D eigenvalue weighted by Crippen LogP contribution is -2.62. The molecule has 5 heteroatoms. The van der Waals surface area contributed by atoms with Crippen LogP contribution in [0.5, 0.6) is 0 Å². The van der Waals surface area contributed by atoms with E-state index in [0.717, 1.165) is 0 Å². The molecule has 1 saturated heterocycles. The first-order valence-electron chi connectivity index (χ1n) is 4.89. The Kier molecular flexibility index (Phi) is 4.28. The summed E-state index contributed by atoms with van der Waals surface area (Å²) in [6.45, 7) is 4.36. The van der Waals surface area contributed by atoms with Crippen molar-refractivity contribution in [1.29, 1.82) is 0 Å². The van der Waals surface area contributed by atoms with Crippen LogP contribution >= 0.6 is 0 Å². The fourth-order valence-corrected chi connectivity index (χ4v) is 1.71. The molecule has 14 heavy (non-hydrogen) atoms. The predicted octanol–water partition coefficient (Wildman–Crippen LogP) is -0.922. The first-order chi connectivity index (χ1) is 6.61. The van der Waals surface area contributed by atoms with Crippen molar-refractivity contribution < 1.29 is 19.7 Å². The SMILES string of the molecule is CCN[C@@H]1[C@H](O)[C@H](OC)O[C@H](C)[C@H]1O. The Morgan fingerprint density at radius 1 is 1.36 bits per heavy atom. The molecule has 0 aromatic heterocycles. The minimum Gasteiger partial charge on any atom is -0.389 e. The average Bonchev–Trinajstić information content (AvgIpc) is 2.18. The van der Waals surface area contributed by atoms with E-state index in [4.69, 9.17) is 9.47 Å². The van der Waals surface area contributed by atoms with Gasteiger partial charge in [0.2, 0.25) is 0 Å². The molecule has 1 heterocycles. The van der Waals surface area contributed by atoms with Crippen molar-refractivity contribution >= 4 is 0 Å². The topological polar surface area (TPSA) is 71.0 Å². The van der Waals surface area contributed by atoms with Gasteiger partial charge in [-0.25, -0.2) is 0 Å². The summed E-state index contributed by atoms with van der Waals surface area (Å²) in [4.78, 5) is 0. The second-order valence-corrected chi connectivity index (χ2v) is 3.51. The molecule has 0 bridgehead atoms. The average molecular weight is 205 g/mol. The summed E-state index contributed by atoms with van der Waals surface area (Å²) >= 11 is 0. The Labute approximate surface area is 84.0 Å². The molecule has 0 spiro atoms. The van der Waals surface area contributed by atoms with Gasteiger partial charge < -0.3 is 25.0 Å². The van der Waals surface area contributed by atoms with E-state index in [0.29, 0.717) is 6.54 Å². The summed E-state index contributed by atoms with van der Waals surface area (Å²) in [6.07, 6.45) is -2.56. The Balaban J connectivity index is 2.67. The van der Waals surface area contributed by atoms with Crippen LogP contribution in [0.1, 0.15) is 13.8 Å². The second-order valence-electron chi connectivity index (χ2n) is 3.51. The minimum absolute atomic E-state index is 0.340. The van der Waals surface area contributed by atoms with Gasteiger partial charge in [0.1, 0.15) is 6.10 Å². The number of ether oxygens (including phenoxy) is 2. The fraction of sp³-hybridized carbons (Fsp3) is 1.00. The monoisotopic (exact) mass is 205 g/mol. The highest BCUT2D eigenvalue weighted by molar-refractivity contribution is 4.92. The van der Waals surface area contributed by atoms with Crippen molar-refractivity contribution in [2.75, 3.05) is 13.7 Å². The first kappa shape index (κ1) is 11.9. The molecule has 84 valence electrons. The van der Waals surface area contributed by atoms with Crippen molar-refractivity contribution in [3.05, 3.63) is 0 Å². The van der Waals surface area contributed by atoms with E-state index < -0.39 is 24.5 Å². The smallest absolute Gasteiger partial charge is 0.185 e. The maximum absolute atomic E-state index is 9.78. The summed E-state index contributed by atoms with van der Waals surface area (Å²) in [5.74, 6) is 0. The molecule has 5 nitrogen and oxygen atoms in total. The van der Waals surface area contributed by atoms with Crippen LogP contribution in [-0.2, 0) is 9.47 Å². The highest BCUT2D eigenvalue weighted by atomic mass is 16.7. The van der Waals surface area contributed by atoms with Crippen molar-refractivity contribution in [3.8, 4) is 0 Å². The maximum Gasteiger partial charge on any atom is 0.185 e. The molecule has 1 aliphatic rings. The number of rotatable bonds is 3. The number of hydrogen-bond donors (Lipinski definition) is 3. The predicted molar refractivity (Wildman–Crippen MR) is 50.8 cm³/mol. The minimum atomic E-state index is -0.842. The van der Waals surface area contributed by atoms with Crippen LogP contribution in [0, 0.1) is 0 Å². The van der Waals surface area contributed by atoms with Crippen LogP contribution in [0.4, 0.5) is 0 Å². The molecule has 0 aromatic carbocycles. The Bertz CT molecular complexity index is 178. The third kappa shape index (κ3) is 2.24. The van der Waals surface area contributed by atoms with E-state index in [-0.39, 0.29) is 6.10 Å². The van der Waals surface area contributed by atoms with Crippen molar-refractivity contribution in [2.24, 2.45) is 0 Å². The van der Waals surface area contributed by atoms with Gasteiger partial charge in [0, 0.05) is 7.11 Å². The van der Waals surface area contributed by atoms with Crippen LogP contribution in [-0.4, -0.2) is 54.5 Å². The van der Waals surface area contributed by atoms with E-state index in [1.165, 1.54) is 7.11 Å². The Morgan fingerprint density at radius 2 is 2.00 bits per heavy atom. The summed E-state index contributed by atoms with van der Waals surface area (Å²) in [7, 11) is 1.47. The molecule has 0 aliphatic carbocycles. The number of likely N-dealkylation sites (N-methyl/N-ethyl adjacent to an activating group) is 1. The summed E-state index contributed by atoms with van der Waals surface area (Å²) < 4.78 is 10.2. The lowest BCUT2D eigenvalue weighted by atomic mass is 9.97. The molecule has 0 aromatic rings. The molecule has 0 radical (unpaired) electrons. The van der Waals surface area contributed by atoms with Crippen LogP contribution in [0.15, 0.2) is 0 Å². The lowest BCUT2D eigenvalue weighted by Gasteiger charge is -2.41. The molecule has 5 atom stereocenters. The van der Waals surface area contributed by atoms with E-state index in [1.54, 1.807) is 6.92 Å². The number of methoxy groups -OCH3 is 1. The zero-order valence-corrected chi connectivity index (χ0v) is 8.80. The Morgan fingerprint density at radius 3 is 2.50 bits per heavy atom. The molecule has 1 aliphatic heterocycles. The normalized spacial score (nSPS) is 43.9. The maximum atomic E-state index is 9.78. The van der Waals surface area contributed by atoms with Gasteiger partial charge in [0.15, 0.2) is 6.29 Å². The van der Waals surface area contributed by atoms with Crippen molar-refractivity contribution in [2.45, 2.75) is 44.5 Å². The third-order valence-corrected chi connectivity index (χ3v) is 2.52. The Hall–Kier alpha value is -0.200. The highest BCUT2D eigenvalue weighted by Crippen LogP contribution is 2.21. The fourth-order valence-electron chi connectivity index (χ4n) is 1.71. The van der Waals surface area contributed by atoms with Crippen molar-refractivity contribution in [1.82, 2.24) is 5.32 Å². The van der Waals surface area contributed by atoms with Gasteiger partial charge in [0.25, 0.3) is 0 Å². The van der Waals surface area contributed by atoms with Crippen LogP contribution in [0.25, 0.3) is 0 Å². The number of aliphatic hydroxyl groups excluding tert-OH is 2. The molecule has 1 fully saturated rings. The van der Waals surface area contributed by atoms with E-state index >= 15 is 0 Å². The zero-order valence-electron chi connectivity index (χ0n) is 8.80. The van der Waals surface area contributed by atoms with Gasteiger partial charge >= 0.3 is 0 Å². The number of aliphatic hydroxyl groups is 2. The van der Waals surface area contributed by atoms with E-state index in [1.807, 2.05) is 6.92 Å². The van der Waals surface area contributed by atoms with Gasteiger partial charge in [0.05, 0.1) is 18.2 Å². The third-order valence-electron chi connectivity index (χ3n) is 2.52. The molecule has 1 rings (SSSR count). The summed E-state index contributed by atoms with van der Waals surface area (Å²) in [5, 5.41) is 22.5. The highest BCUT2D eigenvalue weighted by Gasteiger charge is 2.42. The standard InChI is InChI=1S/C9H19NO4/c1-4-10-6-7(11)5(2)14-9(13-3)8(6)12/h5-12H,4H2,1-3H3/t5-,6+,7-,8+,9-/m1/s1. The van der Waals surface area contributed by atoms with Gasteiger partial charge in [-0.15, -0.1) is 0 Å². The molecule has 3 N–H and O–H groups in total. The first-order valence-corrected chi connectivity index (χ1v) is 4.89. The second kappa shape index (κ2) is 5.04. The molecular formula is C9H19NO4. The number of nitrogens with one attached hydrogen (secondary N) is 1. The van der Waals surface area contributed by atoms with Crippen LogP contribution in [0.3, 0.4) is 0 Å². The quantitative estimate of drug-likeness (QED) is 0.556. The molecular weight excluding hydrogens is 186 g/mol. The lowest BCUT2D eigenvalue weighted by molar-refractivity contribution is -0.262.